The number of aliphatic hydroxyl groups excluding tert-OH is 1. The Kier molecular flexibility index (Phi) is 13.0. The van der Waals surface area contributed by atoms with E-state index >= 15 is 0 Å². The molecule has 2 aromatic rings. The maximum atomic E-state index is 13.9. The standard InChI is InChI=1S/C33H49N3O4S2/c1-7-18-42(39,40)36(6)31-21-26(20-29(24(31)5)28(8-2)23(3)4)33(38)35-30(19-25-12-10-9-11-13-25)32(37)22-34-27-14-16-41-17-15-27/h8-13,20-21,23,27,30,32,34,37H,7,14-19,22H2,1-6H3,(H,35,38)/b28-8-. The molecule has 3 N–H and O–H groups in total. The summed E-state index contributed by atoms with van der Waals surface area (Å²) in [5, 5.41) is 17.9. The van der Waals surface area contributed by atoms with Crippen molar-refractivity contribution in [1.29, 1.82) is 0 Å². The number of rotatable bonds is 14. The van der Waals surface area contributed by atoms with Gasteiger partial charge in [-0.25, -0.2) is 8.42 Å². The summed E-state index contributed by atoms with van der Waals surface area (Å²) in [4.78, 5) is 13.9. The van der Waals surface area contributed by atoms with Gasteiger partial charge < -0.3 is 15.7 Å². The van der Waals surface area contributed by atoms with Crippen molar-refractivity contribution < 1.29 is 18.3 Å². The van der Waals surface area contributed by atoms with Crippen molar-refractivity contribution in [2.75, 3.05) is 35.2 Å². The second kappa shape index (κ2) is 15.9. The Morgan fingerprint density at radius 3 is 2.43 bits per heavy atom. The second-order valence-corrected chi connectivity index (χ2v) is 14.8. The minimum absolute atomic E-state index is 0.0212. The van der Waals surface area contributed by atoms with Crippen LogP contribution in [0, 0.1) is 12.8 Å². The lowest BCUT2D eigenvalue weighted by molar-refractivity contribution is 0.0824. The average Bonchev–Trinajstić information content (AvgIpc) is 2.97. The molecule has 0 aliphatic carbocycles. The Morgan fingerprint density at radius 1 is 1.17 bits per heavy atom. The van der Waals surface area contributed by atoms with E-state index in [1.165, 1.54) is 4.31 Å². The quantitative estimate of drug-likeness (QED) is 0.263. The lowest BCUT2D eigenvalue weighted by Gasteiger charge is -2.29. The summed E-state index contributed by atoms with van der Waals surface area (Å²) < 4.78 is 27.5. The summed E-state index contributed by atoms with van der Waals surface area (Å²) in [5.74, 6) is 2.08. The number of nitrogens with one attached hydrogen (secondary N) is 2. The highest BCUT2D eigenvalue weighted by Gasteiger charge is 2.27. The normalized spacial score (nSPS) is 16.3. The molecule has 2 atom stereocenters. The molecule has 1 aliphatic rings. The zero-order valence-corrected chi connectivity index (χ0v) is 27.7. The van der Waals surface area contributed by atoms with Crippen LogP contribution < -0.4 is 14.9 Å². The monoisotopic (exact) mass is 615 g/mol. The molecule has 0 radical (unpaired) electrons. The van der Waals surface area contributed by atoms with Crippen LogP contribution in [0.2, 0.25) is 0 Å². The van der Waals surface area contributed by atoms with Gasteiger partial charge in [-0.1, -0.05) is 57.2 Å². The molecule has 0 spiro atoms. The van der Waals surface area contributed by atoms with E-state index in [-0.39, 0.29) is 17.6 Å². The van der Waals surface area contributed by atoms with Crippen molar-refractivity contribution in [3.05, 3.63) is 70.8 Å². The molecule has 1 heterocycles. The molecule has 1 aliphatic heterocycles. The molecule has 1 saturated heterocycles. The number of nitrogens with zero attached hydrogens (tertiary/aromatic N) is 1. The minimum atomic E-state index is -3.56. The molecule has 7 nitrogen and oxygen atoms in total. The van der Waals surface area contributed by atoms with Crippen LogP contribution in [-0.4, -0.2) is 68.5 Å². The fraction of sp³-hybridized carbons (Fsp3) is 0.545. The number of allylic oxidation sites excluding steroid dienone is 2. The number of sulfonamides is 1. The van der Waals surface area contributed by atoms with E-state index in [0.717, 1.165) is 46.6 Å². The third kappa shape index (κ3) is 9.09. The smallest absolute Gasteiger partial charge is 0.251 e. The van der Waals surface area contributed by atoms with Crippen molar-refractivity contribution in [3.63, 3.8) is 0 Å². The molecule has 1 fully saturated rings. The number of thioether (sulfide) groups is 1. The number of hydrogen-bond donors (Lipinski definition) is 3. The maximum Gasteiger partial charge on any atom is 0.251 e. The predicted molar refractivity (Wildman–Crippen MR) is 178 cm³/mol. The first-order chi connectivity index (χ1) is 20.0. The average molecular weight is 616 g/mol. The highest BCUT2D eigenvalue weighted by atomic mass is 32.2. The van der Waals surface area contributed by atoms with E-state index in [1.54, 1.807) is 13.1 Å². The summed E-state index contributed by atoms with van der Waals surface area (Å²) in [6, 6.07) is 13.2. The first-order valence-corrected chi connectivity index (χ1v) is 17.9. The van der Waals surface area contributed by atoms with Crippen LogP contribution in [-0.2, 0) is 16.4 Å². The van der Waals surface area contributed by atoms with Crippen molar-refractivity contribution in [1.82, 2.24) is 10.6 Å². The summed E-state index contributed by atoms with van der Waals surface area (Å²) in [7, 11) is -2.00. The summed E-state index contributed by atoms with van der Waals surface area (Å²) >= 11 is 1.96. The van der Waals surface area contributed by atoms with E-state index in [9.17, 15) is 18.3 Å². The highest BCUT2D eigenvalue weighted by Crippen LogP contribution is 2.34. The summed E-state index contributed by atoms with van der Waals surface area (Å²) in [5.41, 5.74) is 4.58. The zero-order valence-electron chi connectivity index (χ0n) is 26.0. The van der Waals surface area contributed by atoms with Crippen molar-refractivity contribution in [3.8, 4) is 0 Å². The molecular weight excluding hydrogens is 567 g/mol. The topological polar surface area (TPSA) is 98.7 Å². The Morgan fingerprint density at radius 2 is 1.83 bits per heavy atom. The fourth-order valence-electron chi connectivity index (χ4n) is 5.54. The van der Waals surface area contributed by atoms with Crippen molar-refractivity contribution in [2.24, 2.45) is 5.92 Å². The van der Waals surface area contributed by atoms with Crippen LogP contribution in [0.1, 0.15) is 74.0 Å². The lowest BCUT2D eigenvalue weighted by Crippen LogP contribution is -2.50. The van der Waals surface area contributed by atoms with Crippen LogP contribution in [0.3, 0.4) is 0 Å². The van der Waals surface area contributed by atoms with Gasteiger partial charge in [-0.15, -0.1) is 0 Å². The van der Waals surface area contributed by atoms with Gasteiger partial charge in [-0.3, -0.25) is 9.10 Å². The van der Waals surface area contributed by atoms with Gasteiger partial charge in [0.2, 0.25) is 10.0 Å². The van der Waals surface area contributed by atoms with Crippen LogP contribution in [0.5, 0.6) is 0 Å². The van der Waals surface area contributed by atoms with Gasteiger partial charge in [0.1, 0.15) is 0 Å². The zero-order chi connectivity index (χ0) is 30.9. The summed E-state index contributed by atoms with van der Waals surface area (Å²) in [6.07, 6.45) is 4.33. The van der Waals surface area contributed by atoms with E-state index < -0.39 is 22.2 Å². The van der Waals surface area contributed by atoms with Crippen LogP contribution in [0.25, 0.3) is 5.57 Å². The molecule has 0 aromatic heterocycles. The van der Waals surface area contributed by atoms with E-state index in [0.29, 0.717) is 36.7 Å². The minimum Gasteiger partial charge on any atom is -0.390 e. The second-order valence-electron chi connectivity index (χ2n) is 11.5. The molecule has 0 bridgehead atoms. The number of aliphatic hydroxyl groups is 1. The van der Waals surface area contributed by atoms with Gasteiger partial charge in [-0.2, -0.15) is 11.8 Å². The van der Waals surface area contributed by atoms with E-state index in [4.69, 9.17) is 0 Å². The largest absolute Gasteiger partial charge is 0.390 e. The number of amides is 1. The SMILES string of the molecule is C/C=C(\c1cc(C(=O)NC(Cc2ccccc2)C(O)CNC2CCSCC2)cc(N(C)S(=O)(=O)CCC)c1C)C(C)C. The van der Waals surface area contributed by atoms with Crippen LogP contribution in [0.4, 0.5) is 5.69 Å². The molecule has 42 heavy (non-hydrogen) atoms. The number of carbonyl (C=O) groups excluding carboxylic acids is 1. The molecular formula is C33H49N3O4S2. The first-order valence-electron chi connectivity index (χ1n) is 15.1. The van der Waals surface area contributed by atoms with Gasteiger partial charge >= 0.3 is 0 Å². The van der Waals surface area contributed by atoms with E-state index in [2.05, 4.69) is 24.5 Å². The Labute approximate surface area is 257 Å². The Hall–Kier alpha value is -2.33. The third-order valence-corrected chi connectivity index (χ3v) is 11.0. The summed E-state index contributed by atoms with van der Waals surface area (Å²) in [6.45, 7) is 10.3. The Bertz CT molecular complexity index is 1310. The van der Waals surface area contributed by atoms with Gasteiger partial charge in [0.15, 0.2) is 0 Å². The number of carbonyl (C=O) groups is 1. The lowest BCUT2D eigenvalue weighted by atomic mass is 9.89. The number of anilines is 1. The van der Waals surface area contributed by atoms with Gasteiger partial charge in [0.25, 0.3) is 5.91 Å². The number of benzene rings is 2. The maximum absolute atomic E-state index is 13.9. The van der Waals surface area contributed by atoms with Gasteiger partial charge in [0.05, 0.1) is 23.6 Å². The molecule has 0 saturated carbocycles. The van der Waals surface area contributed by atoms with Crippen molar-refractivity contribution in [2.45, 2.75) is 78.5 Å². The highest BCUT2D eigenvalue weighted by molar-refractivity contribution is 7.99. The third-order valence-electron chi connectivity index (χ3n) is 8.02. The Balaban J connectivity index is 1.97. The predicted octanol–water partition coefficient (Wildman–Crippen LogP) is 5.42. The number of hydrogen-bond acceptors (Lipinski definition) is 6. The van der Waals surface area contributed by atoms with Crippen molar-refractivity contribution >= 4 is 39.0 Å². The van der Waals surface area contributed by atoms with E-state index in [1.807, 2.05) is 75.0 Å². The van der Waals surface area contributed by atoms with Crippen LogP contribution >= 0.6 is 11.8 Å². The van der Waals surface area contributed by atoms with Crippen LogP contribution in [0.15, 0.2) is 48.5 Å². The molecule has 2 aromatic carbocycles. The molecule has 9 heteroatoms. The van der Waals surface area contributed by atoms with Gasteiger partial charge in [-0.05, 0) is 91.4 Å². The fourth-order valence-corrected chi connectivity index (χ4v) is 7.92. The molecule has 1 amide bonds. The molecule has 2 unspecified atom stereocenters. The molecule has 3 rings (SSSR count). The van der Waals surface area contributed by atoms with Gasteiger partial charge in [0, 0.05) is 25.2 Å². The molecule has 232 valence electrons. The first kappa shape index (κ1) is 34.2.